The third-order valence-corrected chi connectivity index (χ3v) is 22.9. The standard InChI is InChI=1S/C36H74O4S9/c1-5-7-9-11-14-20-26-32(44-48-42-4)34(28-22-16-13-18-24-30-36(39)40)46-49-45-33(25-19-10-8-6-2)31(43-47-41-3)27-21-15-12-17-23-29-35(37)38/h31-40H,5-30H2,1-4H3. The van der Waals surface area contributed by atoms with Gasteiger partial charge in [0.25, 0.3) is 0 Å². The topological polar surface area (TPSA) is 80.9 Å². The Morgan fingerprint density at radius 1 is 0.327 bits per heavy atom. The molecule has 0 saturated carbocycles. The maximum atomic E-state index is 9.18. The van der Waals surface area contributed by atoms with E-state index < -0.39 is 12.6 Å². The van der Waals surface area contributed by atoms with Crippen molar-refractivity contribution in [2.24, 2.45) is 0 Å². The number of unbranched alkanes of at least 4 members (excludes halogenated alkanes) is 16. The largest absolute Gasteiger partial charge is 0.368 e. The molecular formula is C36H74O4S9. The first-order valence-electron chi connectivity index (χ1n) is 19.3. The zero-order chi connectivity index (χ0) is 36.2. The maximum Gasteiger partial charge on any atom is 0.151 e. The van der Waals surface area contributed by atoms with Gasteiger partial charge < -0.3 is 20.4 Å². The number of hydrogen-bond acceptors (Lipinski definition) is 13. The molecule has 296 valence electrons. The van der Waals surface area contributed by atoms with E-state index in [4.69, 9.17) is 10.2 Å². The second-order valence-electron chi connectivity index (χ2n) is 13.1. The van der Waals surface area contributed by atoms with E-state index in [2.05, 4.69) is 79.4 Å². The van der Waals surface area contributed by atoms with Gasteiger partial charge in [0.05, 0.1) is 0 Å². The van der Waals surface area contributed by atoms with Crippen molar-refractivity contribution in [1.82, 2.24) is 0 Å². The Morgan fingerprint density at radius 2 is 0.571 bits per heavy atom. The Morgan fingerprint density at radius 3 is 0.857 bits per heavy atom. The van der Waals surface area contributed by atoms with Crippen LogP contribution >= 0.6 is 94.2 Å². The highest BCUT2D eigenvalue weighted by molar-refractivity contribution is 9.11. The molecule has 0 saturated heterocycles. The summed E-state index contributed by atoms with van der Waals surface area (Å²) in [4.78, 5) is 0. The summed E-state index contributed by atoms with van der Waals surface area (Å²) in [5, 5.41) is 39.3. The van der Waals surface area contributed by atoms with Crippen LogP contribution in [0.25, 0.3) is 0 Å². The van der Waals surface area contributed by atoms with Crippen molar-refractivity contribution in [2.75, 3.05) is 12.5 Å². The SMILES string of the molecule is CCCCCCCCC(SSSC)C(CCCCCCCC(O)O)SSSC(CCCCCC)C(CCCCCCCC(O)O)SSSC. The van der Waals surface area contributed by atoms with Crippen LogP contribution in [-0.4, -0.2) is 66.5 Å². The lowest BCUT2D eigenvalue weighted by Crippen LogP contribution is -2.20. The van der Waals surface area contributed by atoms with Crippen LogP contribution < -0.4 is 0 Å². The average Bonchev–Trinajstić information content (AvgIpc) is 3.08. The van der Waals surface area contributed by atoms with Gasteiger partial charge in [-0.1, -0.05) is 194 Å². The first-order valence-corrected chi connectivity index (χ1v) is 30.8. The Labute approximate surface area is 338 Å². The molecule has 4 nitrogen and oxygen atoms in total. The summed E-state index contributed by atoms with van der Waals surface area (Å²) >= 11 is 0. The van der Waals surface area contributed by atoms with Crippen LogP contribution in [0.3, 0.4) is 0 Å². The van der Waals surface area contributed by atoms with Crippen LogP contribution in [0, 0.1) is 0 Å². The molecule has 0 rings (SSSR count). The van der Waals surface area contributed by atoms with Crippen molar-refractivity contribution in [3.8, 4) is 0 Å². The highest BCUT2D eigenvalue weighted by Gasteiger charge is 2.27. The predicted octanol–water partition coefficient (Wildman–Crippen LogP) is 14.6. The van der Waals surface area contributed by atoms with E-state index in [0.29, 0.717) is 33.8 Å². The normalized spacial score (nSPS) is 14.6. The zero-order valence-corrected chi connectivity index (χ0v) is 38.7. The molecule has 0 heterocycles. The predicted molar refractivity (Wildman–Crippen MR) is 243 cm³/mol. The summed E-state index contributed by atoms with van der Waals surface area (Å²) in [7, 11) is 18.4. The molecular weight excluding hydrogens is 785 g/mol. The van der Waals surface area contributed by atoms with Gasteiger partial charge in [0.2, 0.25) is 0 Å². The lowest BCUT2D eigenvalue weighted by atomic mass is 10.0. The molecule has 0 aromatic carbocycles. The summed E-state index contributed by atoms with van der Waals surface area (Å²) in [6.45, 7) is 4.61. The third kappa shape index (κ3) is 35.2. The molecule has 4 N–H and O–H groups in total. The van der Waals surface area contributed by atoms with Crippen LogP contribution in [0.2, 0.25) is 0 Å². The molecule has 0 radical (unpaired) electrons. The summed E-state index contributed by atoms with van der Waals surface area (Å²) in [6.07, 6.45) is 33.1. The van der Waals surface area contributed by atoms with Gasteiger partial charge in [-0.3, -0.25) is 0 Å². The molecule has 0 fully saturated rings. The van der Waals surface area contributed by atoms with Gasteiger partial charge in [0.15, 0.2) is 12.6 Å². The first-order chi connectivity index (χ1) is 23.9. The second-order valence-corrected chi connectivity index (χ2v) is 26.6. The van der Waals surface area contributed by atoms with E-state index in [0.717, 1.165) is 25.7 Å². The van der Waals surface area contributed by atoms with Crippen molar-refractivity contribution in [3.05, 3.63) is 0 Å². The van der Waals surface area contributed by atoms with Crippen LogP contribution in [0.15, 0.2) is 0 Å². The lowest BCUT2D eigenvalue weighted by molar-refractivity contribution is -0.0472. The lowest BCUT2D eigenvalue weighted by Gasteiger charge is -2.28. The van der Waals surface area contributed by atoms with Crippen LogP contribution in [-0.2, 0) is 0 Å². The smallest absolute Gasteiger partial charge is 0.151 e. The number of hydrogen-bond donors (Lipinski definition) is 4. The monoisotopic (exact) mass is 858 g/mol. The molecule has 0 spiro atoms. The fraction of sp³-hybridized carbons (Fsp3) is 1.00. The Kier molecular flexibility index (Phi) is 43.1. The van der Waals surface area contributed by atoms with Crippen LogP contribution in [0.4, 0.5) is 0 Å². The van der Waals surface area contributed by atoms with E-state index in [1.807, 2.05) is 41.2 Å². The number of aliphatic hydroxyl groups is 4. The third-order valence-electron chi connectivity index (χ3n) is 8.70. The van der Waals surface area contributed by atoms with Crippen molar-refractivity contribution in [3.63, 3.8) is 0 Å². The quantitative estimate of drug-likeness (QED) is 0.0268. The van der Waals surface area contributed by atoms with Gasteiger partial charge >= 0.3 is 0 Å². The van der Waals surface area contributed by atoms with E-state index >= 15 is 0 Å². The minimum Gasteiger partial charge on any atom is -0.368 e. The fourth-order valence-electron chi connectivity index (χ4n) is 5.79. The van der Waals surface area contributed by atoms with E-state index in [1.165, 1.54) is 128 Å². The van der Waals surface area contributed by atoms with Gasteiger partial charge in [0.1, 0.15) is 0 Å². The Hall–Kier alpha value is 2.99. The highest BCUT2D eigenvalue weighted by atomic mass is 33.5. The zero-order valence-electron chi connectivity index (χ0n) is 31.3. The number of rotatable bonds is 40. The molecule has 0 aliphatic heterocycles. The molecule has 0 aromatic rings. The van der Waals surface area contributed by atoms with Crippen molar-refractivity contribution in [2.45, 2.75) is 214 Å². The van der Waals surface area contributed by atoms with Crippen LogP contribution in [0.1, 0.15) is 181 Å². The fourth-order valence-corrected chi connectivity index (χ4v) is 20.0. The van der Waals surface area contributed by atoms with Gasteiger partial charge in [-0.2, -0.15) is 0 Å². The number of aliphatic hydroxyl groups excluding tert-OH is 2. The van der Waals surface area contributed by atoms with Gasteiger partial charge in [-0.25, -0.2) is 0 Å². The Balaban J connectivity index is 5.43. The van der Waals surface area contributed by atoms with Gasteiger partial charge in [-0.05, 0) is 93.4 Å². The van der Waals surface area contributed by atoms with Gasteiger partial charge in [-0.15, -0.1) is 0 Å². The molecule has 49 heavy (non-hydrogen) atoms. The summed E-state index contributed by atoms with van der Waals surface area (Å²) < 4.78 is 0. The minimum absolute atomic E-state index is 0.499. The molecule has 4 atom stereocenters. The minimum atomic E-state index is -1.16. The van der Waals surface area contributed by atoms with Crippen molar-refractivity contribution >= 4 is 94.2 Å². The molecule has 13 heteroatoms. The van der Waals surface area contributed by atoms with E-state index in [1.54, 1.807) is 0 Å². The highest BCUT2D eigenvalue weighted by Crippen LogP contribution is 2.52. The average molecular weight is 860 g/mol. The van der Waals surface area contributed by atoms with E-state index in [9.17, 15) is 10.2 Å². The van der Waals surface area contributed by atoms with Gasteiger partial charge in [0, 0.05) is 21.0 Å². The molecule has 0 aromatic heterocycles. The van der Waals surface area contributed by atoms with Crippen molar-refractivity contribution in [1.29, 1.82) is 0 Å². The molecule has 0 amide bonds. The summed E-state index contributed by atoms with van der Waals surface area (Å²) in [5.41, 5.74) is 0. The first kappa shape index (κ1) is 52.0. The van der Waals surface area contributed by atoms with E-state index in [-0.39, 0.29) is 0 Å². The molecule has 0 aliphatic rings. The summed E-state index contributed by atoms with van der Waals surface area (Å²) in [6, 6.07) is 0. The second kappa shape index (κ2) is 40.6. The Bertz CT molecular complexity index is 656. The molecule has 0 bridgehead atoms. The summed E-state index contributed by atoms with van der Waals surface area (Å²) in [5.74, 6) is 0. The molecule has 4 unspecified atom stereocenters. The van der Waals surface area contributed by atoms with Crippen LogP contribution in [0.5, 0.6) is 0 Å². The maximum absolute atomic E-state index is 9.18. The van der Waals surface area contributed by atoms with Crippen molar-refractivity contribution < 1.29 is 20.4 Å². The molecule has 0 aliphatic carbocycles.